The number of ether oxygens (including phenoxy) is 2. The first-order chi connectivity index (χ1) is 15.1. The van der Waals surface area contributed by atoms with Crippen LogP contribution in [0.2, 0.25) is 0 Å². The Morgan fingerprint density at radius 1 is 1.03 bits per heavy atom. The summed E-state index contributed by atoms with van der Waals surface area (Å²) < 4.78 is 13.5. The van der Waals surface area contributed by atoms with E-state index in [-0.39, 0.29) is 0 Å². The van der Waals surface area contributed by atoms with Gasteiger partial charge in [-0.1, -0.05) is 54.1 Å². The van der Waals surface area contributed by atoms with Crippen LogP contribution in [0.15, 0.2) is 77.9 Å². The standard InChI is InChI=1S/C24H22N4O2S/c1-17-7-6-10-20(13-17)23-26-27-24(31)28(23)25-15-19-11-12-21(22(14-19)29-2)30-16-18-8-4-3-5-9-18/h3-15H,16H2,1-2H3,(H,27,31)/b25-15+. The average Bonchev–Trinajstić information content (AvgIpc) is 3.17. The van der Waals surface area contributed by atoms with Gasteiger partial charge >= 0.3 is 0 Å². The zero-order valence-electron chi connectivity index (χ0n) is 17.3. The largest absolute Gasteiger partial charge is 0.493 e. The lowest BCUT2D eigenvalue weighted by atomic mass is 10.1. The molecular formula is C24H22N4O2S. The number of H-pyrrole nitrogens is 1. The number of nitrogens with zero attached hydrogens (tertiary/aromatic N) is 3. The fourth-order valence-corrected chi connectivity index (χ4v) is 3.29. The molecule has 0 aliphatic carbocycles. The van der Waals surface area contributed by atoms with Crippen molar-refractivity contribution < 1.29 is 9.47 Å². The van der Waals surface area contributed by atoms with Crippen molar-refractivity contribution in [3.8, 4) is 22.9 Å². The highest BCUT2D eigenvalue weighted by molar-refractivity contribution is 7.71. The fourth-order valence-electron chi connectivity index (χ4n) is 3.11. The summed E-state index contributed by atoms with van der Waals surface area (Å²) in [5.74, 6) is 1.96. The molecule has 0 radical (unpaired) electrons. The number of aryl methyl sites for hydroxylation is 1. The number of aromatic amines is 1. The first kappa shape index (κ1) is 20.6. The van der Waals surface area contributed by atoms with Crippen LogP contribution in [-0.2, 0) is 6.61 Å². The summed E-state index contributed by atoms with van der Waals surface area (Å²) >= 11 is 5.36. The minimum Gasteiger partial charge on any atom is -0.493 e. The Labute approximate surface area is 185 Å². The Kier molecular flexibility index (Phi) is 6.24. The summed E-state index contributed by atoms with van der Waals surface area (Å²) in [5, 5.41) is 11.7. The highest BCUT2D eigenvalue weighted by Gasteiger charge is 2.09. The molecule has 0 unspecified atom stereocenters. The molecule has 0 fully saturated rings. The van der Waals surface area contributed by atoms with Gasteiger partial charge in [-0.15, -0.1) is 0 Å². The third kappa shape index (κ3) is 4.90. The number of aromatic nitrogens is 3. The van der Waals surface area contributed by atoms with Crippen molar-refractivity contribution in [3.63, 3.8) is 0 Å². The van der Waals surface area contributed by atoms with Crippen LogP contribution < -0.4 is 9.47 Å². The monoisotopic (exact) mass is 430 g/mol. The molecule has 7 heteroatoms. The fraction of sp³-hybridized carbons (Fsp3) is 0.125. The predicted octanol–water partition coefficient (Wildman–Crippen LogP) is 5.39. The van der Waals surface area contributed by atoms with E-state index in [1.54, 1.807) is 18.0 Å². The maximum absolute atomic E-state index is 5.92. The van der Waals surface area contributed by atoms with Gasteiger partial charge in [-0.2, -0.15) is 14.9 Å². The molecule has 0 amide bonds. The second-order valence-corrected chi connectivity index (χ2v) is 7.35. The lowest BCUT2D eigenvalue weighted by molar-refractivity contribution is 0.284. The van der Waals surface area contributed by atoms with Crippen LogP contribution in [0, 0.1) is 11.7 Å². The second-order valence-electron chi connectivity index (χ2n) is 6.96. The normalized spacial score (nSPS) is 11.0. The van der Waals surface area contributed by atoms with E-state index >= 15 is 0 Å². The molecule has 6 nitrogen and oxygen atoms in total. The van der Waals surface area contributed by atoms with Crippen molar-refractivity contribution in [2.24, 2.45) is 5.10 Å². The van der Waals surface area contributed by atoms with Crippen LogP contribution in [0.5, 0.6) is 11.5 Å². The van der Waals surface area contributed by atoms with Crippen LogP contribution in [-0.4, -0.2) is 28.2 Å². The second kappa shape index (κ2) is 9.40. The van der Waals surface area contributed by atoms with Crippen molar-refractivity contribution in [1.29, 1.82) is 0 Å². The topological polar surface area (TPSA) is 64.4 Å². The van der Waals surface area contributed by atoms with Crippen molar-refractivity contribution >= 4 is 18.4 Å². The Balaban J connectivity index is 1.56. The van der Waals surface area contributed by atoms with Gasteiger partial charge in [0.2, 0.25) is 4.77 Å². The van der Waals surface area contributed by atoms with E-state index in [1.165, 1.54) is 0 Å². The zero-order valence-corrected chi connectivity index (χ0v) is 18.1. The van der Waals surface area contributed by atoms with E-state index in [0.717, 1.165) is 22.3 Å². The molecular weight excluding hydrogens is 408 g/mol. The molecule has 0 saturated carbocycles. The highest BCUT2D eigenvalue weighted by atomic mass is 32.1. The summed E-state index contributed by atoms with van der Waals surface area (Å²) in [7, 11) is 1.62. The molecule has 0 aliphatic heterocycles. The van der Waals surface area contributed by atoms with Crippen molar-refractivity contribution in [2.75, 3.05) is 7.11 Å². The molecule has 156 valence electrons. The van der Waals surface area contributed by atoms with Gasteiger partial charge in [-0.3, -0.25) is 0 Å². The van der Waals surface area contributed by atoms with E-state index in [0.29, 0.717) is 28.7 Å². The van der Waals surface area contributed by atoms with Crippen LogP contribution in [0.25, 0.3) is 11.4 Å². The average molecular weight is 431 g/mol. The Morgan fingerprint density at radius 2 is 1.87 bits per heavy atom. The lowest BCUT2D eigenvalue weighted by Crippen LogP contribution is -1.99. The molecule has 0 bridgehead atoms. The Bertz CT molecular complexity index is 1260. The summed E-state index contributed by atoms with van der Waals surface area (Å²) in [6.45, 7) is 2.50. The number of hydrogen-bond acceptors (Lipinski definition) is 5. The molecule has 0 saturated heterocycles. The Hall–Kier alpha value is -3.71. The van der Waals surface area contributed by atoms with E-state index < -0.39 is 0 Å². The number of benzene rings is 3. The Morgan fingerprint density at radius 3 is 2.65 bits per heavy atom. The molecule has 0 atom stereocenters. The van der Waals surface area contributed by atoms with Gasteiger partial charge in [0.15, 0.2) is 17.3 Å². The predicted molar refractivity (Wildman–Crippen MR) is 124 cm³/mol. The molecule has 1 N–H and O–H groups in total. The first-order valence-electron chi connectivity index (χ1n) is 9.77. The summed E-state index contributed by atoms with van der Waals surface area (Å²) in [6, 6.07) is 23.7. The van der Waals surface area contributed by atoms with Gasteiger partial charge in [-0.05, 0) is 54.5 Å². The molecule has 0 spiro atoms. The maximum Gasteiger partial charge on any atom is 0.216 e. The quantitative estimate of drug-likeness (QED) is 0.316. The number of rotatable bonds is 7. The van der Waals surface area contributed by atoms with Crippen LogP contribution in [0.3, 0.4) is 0 Å². The summed E-state index contributed by atoms with van der Waals surface area (Å²) in [4.78, 5) is 0. The van der Waals surface area contributed by atoms with Crippen LogP contribution in [0.1, 0.15) is 16.7 Å². The zero-order chi connectivity index (χ0) is 21.6. The molecule has 1 aromatic heterocycles. The third-order valence-corrected chi connectivity index (χ3v) is 4.94. The molecule has 3 aromatic carbocycles. The minimum atomic E-state index is 0.419. The number of hydrogen-bond donors (Lipinski definition) is 1. The minimum absolute atomic E-state index is 0.419. The highest BCUT2D eigenvalue weighted by Crippen LogP contribution is 2.28. The van der Waals surface area contributed by atoms with E-state index in [4.69, 9.17) is 21.7 Å². The van der Waals surface area contributed by atoms with Gasteiger partial charge in [0, 0.05) is 5.56 Å². The first-order valence-corrected chi connectivity index (χ1v) is 10.2. The van der Waals surface area contributed by atoms with Gasteiger partial charge < -0.3 is 9.47 Å². The lowest BCUT2D eigenvalue weighted by Gasteiger charge is -2.11. The van der Waals surface area contributed by atoms with Crippen LogP contribution in [0.4, 0.5) is 0 Å². The summed E-state index contributed by atoms with van der Waals surface area (Å²) in [6.07, 6.45) is 1.72. The van der Waals surface area contributed by atoms with E-state index in [1.807, 2.05) is 79.7 Å². The van der Waals surface area contributed by atoms with Crippen molar-refractivity contribution in [3.05, 3.63) is 94.3 Å². The number of methoxy groups -OCH3 is 1. The van der Waals surface area contributed by atoms with E-state index in [2.05, 4.69) is 15.3 Å². The van der Waals surface area contributed by atoms with Crippen molar-refractivity contribution in [2.45, 2.75) is 13.5 Å². The van der Waals surface area contributed by atoms with Crippen molar-refractivity contribution in [1.82, 2.24) is 14.9 Å². The SMILES string of the molecule is COc1cc(/C=N/n2c(-c3cccc(C)c3)n[nH]c2=S)ccc1OCc1ccccc1. The molecule has 31 heavy (non-hydrogen) atoms. The molecule has 4 aromatic rings. The third-order valence-electron chi connectivity index (χ3n) is 4.67. The van der Waals surface area contributed by atoms with Gasteiger partial charge in [0.25, 0.3) is 0 Å². The van der Waals surface area contributed by atoms with Gasteiger partial charge in [0.1, 0.15) is 6.61 Å². The van der Waals surface area contributed by atoms with Gasteiger partial charge in [-0.25, -0.2) is 5.10 Å². The summed E-state index contributed by atoms with van der Waals surface area (Å²) in [5.41, 5.74) is 4.01. The molecule has 4 rings (SSSR count). The number of nitrogens with one attached hydrogen (secondary N) is 1. The molecule has 1 heterocycles. The van der Waals surface area contributed by atoms with E-state index in [9.17, 15) is 0 Å². The molecule has 0 aliphatic rings. The van der Waals surface area contributed by atoms with Crippen LogP contribution >= 0.6 is 12.2 Å². The maximum atomic E-state index is 5.92. The van der Waals surface area contributed by atoms with Gasteiger partial charge in [0.05, 0.1) is 13.3 Å². The smallest absolute Gasteiger partial charge is 0.216 e.